The Morgan fingerprint density at radius 1 is 1.25 bits per heavy atom. The minimum absolute atomic E-state index is 0.0590. The summed E-state index contributed by atoms with van der Waals surface area (Å²) < 4.78 is 23.9. The van der Waals surface area contributed by atoms with Crippen LogP contribution in [0.5, 0.6) is 11.5 Å². The second-order valence-electron chi connectivity index (χ2n) is 4.06. The monoisotopic (exact) mass is 294 g/mol. The molecule has 0 unspecified atom stereocenters. The van der Waals surface area contributed by atoms with E-state index in [4.69, 9.17) is 21.1 Å². The van der Waals surface area contributed by atoms with Gasteiger partial charge in [0.1, 0.15) is 23.9 Å². The number of hydrogen-bond donors (Lipinski definition) is 0. The van der Waals surface area contributed by atoms with Gasteiger partial charge in [-0.15, -0.1) is 0 Å². The molecule has 0 saturated heterocycles. The quantitative estimate of drug-likeness (QED) is 0.785. The van der Waals surface area contributed by atoms with E-state index in [1.807, 2.05) is 0 Å². The highest BCUT2D eigenvalue weighted by Gasteiger charge is 2.07. The van der Waals surface area contributed by atoms with E-state index < -0.39 is 5.82 Å². The number of carbonyl (C=O) groups is 1. The maximum absolute atomic E-state index is 13.3. The Bertz CT molecular complexity index is 629. The zero-order chi connectivity index (χ0) is 14.5. The second kappa shape index (κ2) is 6.39. The average Bonchev–Trinajstić information content (AvgIpc) is 2.48. The standard InChI is InChI=1S/C15H12ClFO3/c1-19-12-4-3-11(8-18)15(7-12)20-9-10-2-5-13(16)14(17)6-10/h2-8H,9H2,1H3. The van der Waals surface area contributed by atoms with Gasteiger partial charge in [-0.25, -0.2) is 4.39 Å². The summed E-state index contributed by atoms with van der Waals surface area (Å²) in [6.45, 7) is 0.127. The molecule has 0 aliphatic rings. The Kier molecular flexibility index (Phi) is 4.58. The summed E-state index contributed by atoms with van der Waals surface area (Å²) in [4.78, 5) is 10.9. The van der Waals surface area contributed by atoms with Gasteiger partial charge in [-0.1, -0.05) is 17.7 Å². The summed E-state index contributed by atoms with van der Waals surface area (Å²) in [5.74, 6) is 0.455. The lowest BCUT2D eigenvalue weighted by atomic mass is 10.2. The number of benzene rings is 2. The Hall–Kier alpha value is -2.07. The fourth-order valence-electron chi connectivity index (χ4n) is 1.65. The number of rotatable bonds is 5. The third kappa shape index (κ3) is 3.27. The number of methoxy groups -OCH3 is 1. The Morgan fingerprint density at radius 2 is 2.05 bits per heavy atom. The molecule has 0 aromatic heterocycles. The molecule has 0 aliphatic carbocycles. The summed E-state index contributed by atoms with van der Waals surface area (Å²) in [5, 5.41) is 0.0590. The van der Waals surface area contributed by atoms with E-state index in [1.165, 1.54) is 19.2 Å². The minimum Gasteiger partial charge on any atom is -0.497 e. The highest BCUT2D eigenvalue weighted by Crippen LogP contribution is 2.25. The molecule has 0 amide bonds. The molecular formula is C15H12ClFO3. The van der Waals surface area contributed by atoms with Crippen LogP contribution in [0, 0.1) is 5.82 Å². The molecule has 0 aliphatic heterocycles. The summed E-state index contributed by atoms with van der Waals surface area (Å²) in [6.07, 6.45) is 0.692. The van der Waals surface area contributed by atoms with Crippen molar-refractivity contribution < 1.29 is 18.7 Å². The molecule has 0 atom stereocenters. The van der Waals surface area contributed by atoms with Crippen molar-refractivity contribution in [3.63, 3.8) is 0 Å². The van der Waals surface area contributed by atoms with Crippen molar-refractivity contribution >= 4 is 17.9 Å². The molecule has 2 rings (SSSR count). The number of halogens is 2. The van der Waals surface area contributed by atoms with Crippen LogP contribution in [0.15, 0.2) is 36.4 Å². The summed E-state index contributed by atoms with van der Waals surface area (Å²) in [5.41, 5.74) is 1.02. The van der Waals surface area contributed by atoms with Gasteiger partial charge >= 0.3 is 0 Å². The summed E-state index contributed by atoms with van der Waals surface area (Å²) in [6, 6.07) is 9.29. The molecule has 0 spiro atoms. The first kappa shape index (κ1) is 14.3. The zero-order valence-corrected chi connectivity index (χ0v) is 11.5. The van der Waals surface area contributed by atoms with Gasteiger partial charge in [0, 0.05) is 6.07 Å². The van der Waals surface area contributed by atoms with E-state index in [9.17, 15) is 9.18 Å². The van der Waals surface area contributed by atoms with Crippen LogP contribution in [-0.2, 0) is 6.61 Å². The largest absolute Gasteiger partial charge is 0.497 e. The van der Waals surface area contributed by atoms with Crippen molar-refractivity contribution in [1.29, 1.82) is 0 Å². The van der Waals surface area contributed by atoms with Gasteiger partial charge in [0.05, 0.1) is 17.7 Å². The first-order chi connectivity index (χ1) is 9.63. The van der Waals surface area contributed by atoms with E-state index in [1.54, 1.807) is 24.3 Å². The van der Waals surface area contributed by atoms with Crippen molar-refractivity contribution in [3.8, 4) is 11.5 Å². The topological polar surface area (TPSA) is 35.5 Å². The van der Waals surface area contributed by atoms with Crippen LogP contribution in [0.3, 0.4) is 0 Å². The number of ether oxygens (including phenoxy) is 2. The third-order valence-corrected chi connectivity index (χ3v) is 3.03. The maximum Gasteiger partial charge on any atom is 0.153 e. The van der Waals surface area contributed by atoms with Gasteiger partial charge in [0.15, 0.2) is 6.29 Å². The highest BCUT2D eigenvalue weighted by molar-refractivity contribution is 6.30. The number of hydrogen-bond acceptors (Lipinski definition) is 3. The Labute approximate surface area is 120 Å². The van der Waals surface area contributed by atoms with E-state index in [-0.39, 0.29) is 11.6 Å². The van der Waals surface area contributed by atoms with Crippen LogP contribution >= 0.6 is 11.6 Å². The van der Waals surface area contributed by atoms with E-state index in [0.29, 0.717) is 28.9 Å². The molecule has 104 valence electrons. The van der Waals surface area contributed by atoms with Crippen LogP contribution in [0.1, 0.15) is 15.9 Å². The molecular weight excluding hydrogens is 283 g/mol. The number of aldehydes is 1. The predicted molar refractivity (Wildman–Crippen MR) is 74.1 cm³/mol. The van der Waals surface area contributed by atoms with Crippen molar-refractivity contribution in [3.05, 3.63) is 58.4 Å². The number of carbonyl (C=O) groups excluding carboxylic acids is 1. The molecule has 5 heteroatoms. The van der Waals surface area contributed by atoms with Crippen molar-refractivity contribution in [2.75, 3.05) is 7.11 Å². The van der Waals surface area contributed by atoms with Crippen LogP contribution in [0.2, 0.25) is 5.02 Å². The predicted octanol–water partition coefficient (Wildman–Crippen LogP) is 3.88. The summed E-state index contributed by atoms with van der Waals surface area (Å²) >= 11 is 5.61. The van der Waals surface area contributed by atoms with Crippen molar-refractivity contribution in [1.82, 2.24) is 0 Å². The lowest BCUT2D eigenvalue weighted by Crippen LogP contribution is -1.99. The lowest BCUT2D eigenvalue weighted by molar-refractivity contribution is 0.111. The van der Waals surface area contributed by atoms with Gasteiger partial charge in [-0.2, -0.15) is 0 Å². The van der Waals surface area contributed by atoms with E-state index in [2.05, 4.69) is 0 Å². The van der Waals surface area contributed by atoms with Crippen LogP contribution < -0.4 is 9.47 Å². The smallest absolute Gasteiger partial charge is 0.153 e. The van der Waals surface area contributed by atoms with Gasteiger partial charge in [0.25, 0.3) is 0 Å². The minimum atomic E-state index is -0.506. The second-order valence-corrected chi connectivity index (χ2v) is 4.47. The molecule has 2 aromatic rings. The summed E-state index contributed by atoms with van der Waals surface area (Å²) in [7, 11) is 1.52. The van der Waals surface area contributed by atoms with Crippen LogP contribution in [0.4, 0.5) is 4.39 Å². The third-order valence-electron chi connectivity index (χ3n) is 2.73. The molecule has 0 fully saturated rings. The Morgan fingerprint density at radius 3 is 2.70 bits per heavy atom. The fourth-order valence-corrected chi connectivity index (χ4v) is 1.77. The average molecular weight is 295 g/mol. The lowest BCUT2D eigenvalue weighted by Gasteiger charge is -2.10. The first-order valence-electron chi connectivity index (χ1n) is 5.84. The van der Waals surface area contributed by atoms with Crippen molar-refractivity contribution in [2.45, 2.75) is 6.61 Å². The normalized spacial score (nSPS) is 10.2. The van der Waals surface area contributed by atoms with E-state index in [0.717, 1.165) is 0 Å². The molecule has 0 heterocycles. The van der Waals surface area contributed by atoms with Crippen LogP contribution in [0.25, 0.3) is 0 Å². The Balaban J connectivity index is 2.17. The first-order valence-corrected chi connectivity index (χ1v) is 6.22. The van der Waals surface area contributed by atoms with E-state index >= 15 is 0 Å². The molecule has 0 bridgehead atoms. The van der Waals surface area contributed by atoms with Gasteiger partial charge in [0.2, 0.25) is 0 Å². The molecule has 3 nitrogen and oxygen atoms in total. The molecule has 0 radical (unpaired) electrons. The van der Waals surface area contributed by atoms with Crippen molar-refractivity contribution in [2.24, 2.45) is 0 Å². The molecule has 20 heavy (non-hydrogen) atoms. The molecule has 2 aromatic carbocycles. The van der Waals surface area contributed by atoms with Gasteiger partial charge < -0.3 is 9.47 Å². The molecule has 0 N–H and O–H groups in total. The SMILES string of the molecule is COc1ccc(C=O)c(OCc2ccc(Cl)c(F)c2)c1. The fraction of sp³-hybridized carbons (Fsp3) is 0.133. The van der Waals surface area contributed by atoms with Gasteiger partial charge in [-0.05, 0) is 29.8 Å². The maximum atomic E-state index is 13.3. The zero-order valence-electron chi connectivity index (χ0n) is 10.7. The highest BCUT2D eigenvalue weighted by atomic mass is 35.5. The van der Waals surface area contributed by atoms with Gasteiger partial charge in [-0.3, -0.25) is 4.79 Å². The van der Waals surface area contributed by atoms with Crippen LogP contribution in [-0.4, -0.2) is 13.4 Å². The molecule has 0 saturated carbocycles.